The van der Waals surface area contributed by atoms with Crippen molar-refractivity contribution < 1.29 is 9.84 Å². The number of hydrogen-bond donors (Lipinski definition) is 2. The van der Waals surface area contributed by atoms with E-state index in [0.29, 0.717) is 17.9 Å². The Labute approximate surface area is 108 Å². The lowest BCUT2D eigenvalue weighted by molar-refractivity contribution is 0.0125. The van der Waals surface area contributed by atoms with Gasteiger partial charge in [0.05, 0.1) is 11.6 Å². The fourth-order valence-corrected chi connectivity index (χ4v) is 1.50. The molecule has 1 aromatic carbocycles. The zero-order valence-corrected chi connectivity index (χ0v) is 11.2. The Kier molecular flexibility index (Phi) is 5.14. The van der Waals surface area contributed by atoms with Crippen LogP contribution in [0.15, 0.2) is 18.2 Å². The second-order valence-electron chi connectivity index (χ2n) is 4.66. The van der Waals surface area contributed by atoms with Gasteiger partial charge in [0.1, 0.15) is 18.0 Å². The minimum atomic E-state index is -0.925. The summed E-state index contributed by atoms with van der Waals surface area (Å²) < 4.78 is 5.60. The lowest BCUT2D eigenvalue weighted by Crippen LogP contribution is -2.42. The van der Waals surface area contributed by atoms with Gasteiger partial charge >= 0.3 is 0 Å². The van der Waals surface area contributed by atoms with Gasteiger partial charge in [0.25, 0.3) is 0 Å². The van der Waals surface area contributed by atoms with Crippen LogP contribution in [0.5, 0.6) is 5.75 Å². The first kappa shape index (κ1) is 14.5. The second-order valence-corrected chi connectivity index (χ2v) is 4.66. The van der Waals surface area contributed by atoms with Crippen molar-refractivity contribution in [1.82, 2.24) is 5.32 Å². The lowest BCUT2D eigenvalue weighted by atomic mass is 10.1. The molecule has 0 aliphatic rings. The van der Waals surface area contributed by atoms with Crippen LogP contribution in [-0.4, -0.2) is 30.4 Å². The number of hydrogen-bond acceptors (Lipinski definition) is 4. The van der Waals surface area contributed by atoms with Gasteiger partial charge in [-0.3, -0.25) is 0 Å². The summed E-state index contributed by atoms with van der Waals surface area (Å²) in [6.07, 6.45) is 0. The van der Waals surface area contributed by atoms with Crippen molar-refractivity contribution in [2.75, 3.05) is 19.7 Å². The fraction of sp³-hybridized carbons (Fsp3) is 0.500. The van der Waals surface area contributed by atoms with Crippen molar-refractivity contribution in [3.8, 4) is 11.8 Å². The molecule has 4 nitrogen and oxygen atoms in total. The molecule has 0 radical (unpaired) electrons. The summed E-state index contributed by atoms with van der Waals surface area (Å²) in [7, 11) is 0. The molecule has 0 spiro atoms. The molecule has 0 saturated carbocycles. The highest BCUT2D eigenvalue weighted by molar-refractivity contribution is 5.41. The van der Waals surface area contributed by atoms with E-state index in [0.717, 1.165) is 12.1 Å². The van der Waals surface area contributed by atoms with E-state index in [9.17, 15) is 5.11 Å². The van der Waals surface area contributed by atoms with Crippen molar-refractivity contribution in [2.24, 2.45) is 0 Å². The van der Waals surface area contributed by atoms with Gasteiger partial charge in [0.2, 0.25) is 0 Å². The normalized spacial score (nSPS) is 13.7. The molecule has 0 aliphatic heterocycles. The summed E-state index contributed by atoms with van der Waals surface area (Å²) in [4.78, 5) is 0. The molecule has 1 atom stereocenters. The van der Waals surface area contributed by atoms with E-state index in [1.165, 1.54) is 0 Å². The van der Waals surface area contributed by atoms with Crippen molar-refractivity contribution in [3.05, 3.63) is 29.3 Å². The van der Waals surface area contributed by atoms with Crippen molar-refractivity contribution in [2.45, 2.75) is 26.4 Å². The second kappa shape index (κ2) is 6.39. The highest BCUT2D eigenvalue weighted by atomic mass is 16.5. The molecule has 18 heavy (non-hydrogen) atoms. The molecule has 98 valence electrons. The van der Waals surface area contributed by atoms with E-state index in [1.807, 2.05) is 19.9 Å². The highest BCUT2D eigenvalue weighted by Crippen LogP contribution is 2.20. The number of nitrogens with one attached hydrogen (secondary N) is 1. The number of aliphatic hydroxyl groups is 1. The van der Waals surface area contributed by atoms with Crippen LogP contribution in [0.1, 0.15) is 25.0 Å². The molecule has 0 bridgehead atoms. The zero-order valence-electron chi connectivity index (χ0n) is 11.2. The highest BCUT2D eigenvalue weighted by Gasteiger charge is 2.21. The number of aryl methyl sites for hydroxylation is 1. The minimum Gasteiger partial charge on any atom is -0.490 e. The van der Waals surface area contributed by atoms with Gasteiger partial charge in [0, 0.05) is 6.54 Å². The first-order valence-corrected chi connectivity index (χ1v) is 6.05. The van der Waals surface area contributed by atoms with E-state index in [4.69, 9.17) is 10.00 Å². The summed E-state index contributed by atoms with van der Waals surface area (Å²) in [5.74, 6) is 0.644. The number of rotatable bonds is 6. The molecule has 0 amide bonds. The van der Waals surface area contributed by atoms with E-state index < -0.39 is 5.60 Å². The Hall–Kier alpha value is -1.57. The summed E-state index contributed by atoms with van der Waals surface area (Å²) in [6.45, 7) is 7.08. The zero-order chi connectivity index (χ0) is 13.6. The van der Waals surface area contributed by atoms with Crippen molar-refractivity contribution in [1.29, 1.82) is 5.26 Å². The first-order valence-electron chi connectivity index (χ1n) is 6.05. The van der Waals surface area contributed by atoms with Crippen LogP contribution in [0.3, 0.4) is 0 Å². The quantitative estimate of drug-likeness (QED) is 0.802. The first-order chi connectivity index (χ1) is 8.48. The smallest absolute Gasteiger partial charge is 0.123 e. The summed E-state index contributed by atoms with van der Waals surface area (Å²) >= 11 is 0. The van der Waals surface area contributed by atoms with Crippen LogP contribution in [0.25, 0.3) is 0 Å². The number of nitriles is 1. The van der Waals surface area contributed by atoms with Crippen LogP contribution < -0.4 is 10.1 Å². The maximum absolute atomic E-state index is 10.1. The Morgan fingerprint density at radius 1 is 1.50 bits per heavy atom. The number of likely N-dealkylation sites (N-methyl/N-ethyl adjacent to an activating group) is 1. The standard InChI is InChI=1S/C14H20N2O2/c1-4-16-9-14(3,17)10-18-13-7-12(8-15)6-5-11(13)2/h5-7,16-17H,4,9-10H2,1-3H3. The van der Waals surface area contributed by atoms with E-state index in [1.54, 1.807) is 19.1 Å². The van der Waals surface area contributed by atoms with E-state index >= 15 is 0 Å². The van der Waals surface area contributed by atoms with Gasteiger partial charge in [-0.2, -0.15) is 5.26 Å². The average molecular weight is 248 g/mol. The molecule has 0 aromatic heterocycles. The summed E-state index contributed by atoms with van der Waals surface area (Å²) in [5.41, 5.74) is 0.584. The predicted octanol–water partition coefficient (Wildman–Crippen LogP) is 1.61. The number of ether oxygens (including phenoxy) is 1. The summed E-state index contributed by atoms with van der Waals surface area (Å²) in [6, 6.07) is 7.35. The molecule has 0 heterocycles. The predicted molar refractivity (Wildman–Crippen MR) is 70.6 cm³/mol. The summed E-state index contributed by atoms with van der Waals surface area (Å²) in [5, 5.41) is 22.0. The van der Waals surface area contributed by atoms with E-state index in [-0.39, 0.29) is 6.61 Å². The van der Waals surface area contributed by atoms with Crippen LogP contribution in [-0.2, 0) is 0 Å². The van der Waals surface area contributed by atoms with Crippen LogP contribution in [0, 0.1) is 18.3 Å². The van der Waals surface area contributed by atoms with Crippen LogP contribution in [0.2, 0.25) is 0 Å². The van der Waals surface area contributed by atoms with Crippen LogP contribution in [0.4, 0.5) is 0 Å². The minimum absolute atomic E-state index is 0.190. The third kappa shape index (κ3) is 4.36. The molecule has 0 saturated heterocycles. The maximum atomic E-state index is 10.1. The topological polar surface area (TPSA) is 65.3 Å². The monoisotopic (exact) mass is 248 g/mol. The Morgan fingerprint density at radius 3 is 2.83 bits per heavy atom. The van der Waals surface area contributed by atoms with Gasteiger partial charge in [-0.15, -0.1) is 0 Å². The molecular weight excluding hydrogens is 228 g/mol. The molecule has 1 unspecified atom stereocenters. The Bertz CT molecular complexity index is 436. The molecule has 1 rings (SSSR count). The number of nitrogens with zero attached hydrogens (tertiary/aromatic N) is 1. The fourth-order valence-electron chi connectivity index (χ4n) is 1.50. The third-order valence-electron chi connectivity index (χ3n) is 2.61. The largest absolute Gasteiger partial charge is 0.490 e. The van der Waals surface area contributed by atoms with Gasteiger partial charge in [-0.25, -0.2) is 0 Å². The molecule has 4 heteroatoms. The third-order valence-corrected chi connectivity index (χ3v) is 2.61. The van der Waals surface area contributed by atoms with Gasteiger partial charge in [-0.1, -0.05) is 13.0 Å². The lowest BCUT2D eigenvalue weighted by Gasteiger charge is -2.24. The van der Waals surface area contributed by atoms with Gasteiger partial charge < -0.3 is 15.2 Å². The SMILES string of the molecule is CCNCC(C)(O)COc1cc(C#N)ccc1C. The van der Waals surface area contributed by atoms with Crippen LogP contribution >= 0.6 is 0 Å². The van der Waals surface area contributed by atoms with Gasteiger partial charge in [-0.05, 0) is 38.1 Å². The molecule has 2 N–H and O–H groups in total. The van der Waals surface area contributed by atoms with Crippen molar-refractivity contribution in [3.63, 3.8) is 0 Å². The maximum Gasteiger partial charge on any atom is 0.123 e. The van der Waals surface area contributed by atoms with Crippen molar-refractivity contribution >= 4 is 0 Å². The molecule has 0 fully saturated rings. The Balaban J connectivity index is 2.65. The Morgan fingerprint density at radius 2 is 2.22 bits per heavy atom. The molecule has 1 aromatic rings. The number of benzene rings is 1. The average Bonchev–Trinajstić information content (AvgIpc) is 2.35. The molecule has 0 aliphatic carbocycles. The molecular formula is C14H20N2O2. The van der Waals surface area contributed by atoms with E-state index in [2.05, 4.69) is 11.4 Å². The van der Waals surface area contributed by atoms with Gasteiger partial charge in [0.15, 0.2) is 0 Å².